The average Bonchev–Trinajstić information content (AvgIpc) is 3.16. The van der Waals surface area contributed by atoms with Crippen LogP contribution in [0, 0.1) is 0 Å². The molecule has 2 aromatic rings. The molecule has 2 fully saturated rings. The van der Waals surface area contributed by atoms with Crippen LogP contribution in [0.5, 0.6) is 0 Å². The van der Waals surface area contributed by atoms with Crippen molar-refractivity contribution < 1.29 is 19.1 Å². The van der Waals surface area contributed by atoms with E-state index in [1.165, 1.54) is 4.90 Å². The van der Waals surface area contributed by atoms with E-state index in [-0.39, 0.29) is 30.4 Å². The fraction of sp³-hybridized carbons (Fsp3) is 0.391. The molecule has 1 N–H and O–H groups in total. The predicted octanol–water partition coefficient (Wildman–Crippen LogP) is 1.12. The Balaban J connectivity index is 1.49. The SMILES string of the molecule is O=C1CC[C@@H](C(=O)N2CC(=O)N(Cc3cccnc3)CC(OCc3ccccc3)C2)N1. The Kier molecular flexibility index (Phi) is 6.57. The standard InChI is InChI=1S/C23H26N4O4/c28-21-9-8-20(25-21)23(30)27-14-19(31-16-17-5-2-1-3-6-17)13-26(22(29)15-27)12-18-7-4-10-24-11-18/h1-7,10-11,19-20H,8-9,12-16H2,(H,25,28)/t19?,20-/m0/s1. The molecular weight excluding hydrogens is 396 g/mol. The summed E-state index contributed by atoms with van der Waals surface area (Å²) in [4.78, 5) is 44.9. The van der Waals surface area contributed by atoms with E-state index in [1.807, 2.05) is 42.5 Å². The van der Waals surface area contributed by atoms with Crippen molar-refractivity contribution >= 4 is 17.7 Å². The van der Waals surface area contributed by atoms with Crippen molar-refractivity contribution in [3.63, 3.8) is 0 Å². The normalized spacial score (nSPS) is 21.7. The number of ether oxygens (including phenoxy) is 1. The van der Waals surface area contributed by atoms with Crippen LogP contribution in [-0.2, 0) is 32.3 Å². The minimum atomic E-state index is -0.569. The number of carbonyl (C=O) groups is 3. The molecule has 0 aliphatic carbocycles. The first-order chi connectivity index (χ1) is 15.1. The lowest BCUT2D eigenvalue weighted by Gasteiger charge is -2.26. The van der Waals surface area contributed by atoms with Gasteiger partial charge in [0, 0.05) is 38.4 Å². The average molecular weight is 422 g/mol. The highest BCUT2D eigenvalue weighted by Crippen LogP contribution is 2.17. The van der Waals surface area contributed by atoms with E-state index in [4.69, 9.17) is 4.74 Å². The number of nitrogens with one attached hydrogen (secondary N) is 1. The summed E-state index contributed by atoms with van der Waals surface area (Å²) in [6, 6.07) is 13.0. The van der Waals surface area contributed by atoms with Gasteiger partial charge in [0.15, 0.2) is 0 Å². The van der Waals surface area contributed by atoms with Crippen LogP contribution in [0.25, 0.3) is 0 Å². The highest BCUT2D eigenvalue weighted by molar-refractivity contribution is 5.93. The van der Waals surface area contributed by atoms with Gasteiger partial charge in [-0.3, -0.25) is 19.4 Å². The van der Waals surface area contributed by atoms with Crippen LogP contribution < -0.4 is 5.32 Å². The molecule has 0 bridgehead atoms. The third-order valence-electron chi connectivity index (χ3n) is 5.56. The van der Waals surface area contributed by atoms with Gasteiger partial charge in [0.2, 0.25) is 17.7 Å². The lowest BCUT2D eigenvalue weighted by atomic mass is 10.2. The molecule has 4 rings (SSSR count). The molecular formula is C23H26N4O4. The van der Waals surface area contributed by atoms with Crippen molar-refractivity contribution in [1.82, 2.24) is 20.1 Å². The maximum atomic E-state index is 13.0. The highest BCUT2D eigenvalue weighted by Gasteiger charge is 2.36. The Morgan fingerprint density at radius 3 is 2.61 bits per heavy atom. The summed E-state index contributed by atoms with van der Waals surface area (Å²) >= 11 is 0. The molecule has 2 aliphatic heterocycles. The fourth-order valence-corrected chi connectivity index (χ4v) is 3.93. The maximum Gasteiger partial charge on any atom is 0.245 e. The van der Waals surface area contributed by atoms with Gasteiger partial charge in [0.25, 0.3) is 0 Å². The first-order valence-electron chi connectivity index (χ1n) is 10.5. The Hall–Kier alpha value is -3.26. The van der Waals surface area contributed by atoms with Gasteiger partial charge in [-0.1, -0.05) is 36.4 Å². The second kappa shape index (κ2) is 9.70. The summed E-state index contributed by atoms with van der Waals surface area (Å²) in [7, 11) is 0. The molecule has 1 aromatic heterocycles. The maximum absolute atomic E-state index is 13.0. The molecule has 0 spiro atoms. The number of nitrogens with zero attached hydrogens (tertiary/aromatic N) is 3. The summed E-state index contributed by atoms with van der Waals surface area (Å²) < 4.78 is 6.14. The molecule has 3 amide bonds. The first-order valence-corrected chi connectivity index (χ1v) is 10.5. The highest BCUT2D eigenvalue weighted by atomic mass is 16.5. The van der Waals surface area contributed by atoms with Gasteiger partial charge in [-0.15, -0.1) is 0 Å². The van der Waals surface area contributed by atoms with Gasteiger partial charge >= 0.3 is 0 Å². The summed E-state index contributed by atoms with van der Waals surface area (Å²) in [5, 5.41) is 2.71. The summed E-state index contributed by atoms with van der Waals surface area (Å²) in [5.74, 6) is -0.502. The number of benzene rings is 1. The van der Waals surface area contributed by atoms with Crippen molar-refractivity contribution in [2.45, 2.75) is 38.1 Å². The number of pyridine rings is 1. The van der Waals surface area contributed by atoms with E-state index in [2.05, 4.69) is 10.3 Å². The predicted molar refractivity (Wildman–Crippen MR) is 112 cm³/mol. The van der Waals surface area contributed by atoms with Crippen LogP contribution in [-0.4, -0.2) is 64.3 Å². The van der Waals surface area contributed by atoms with Crippen molar-refractivity contribution in [2.75, 3.05) is 19.6 Å². The summed E-state index contributed by atoms with van der Waals surface area (Å²) in [5.41, 5.74) is 1.94. The van der Waals surface area contributed by atoms with Gasteiger partial charge in [0.05, 0.1) is 19.3 Å². The van der Waals surface area contributed by atoms with Gasteiger partial charge in [0.1, 0.15) is 6.04 Å². The van der Waals surface area contributed by atoms with Crippen LogP contribution >= 0.6 is 0 Å². The molecule has 0 radical (unpaired) electrons. The molecule has 1 unspecified atom stereocenters. The van der Waals surface area contributed by atoms with E-state index in [0.29, 0.717) is 39.1 Å². The Morgan fingerprint density at radius 2 is 1.90 bits per heavy atom. The van der Waals surface area contributed by atoms with Gasteiger partial charge < -0.3 is 19.9 Å². The number of rotatable bonds is 6. The Morgan fingerprint density at radius 1 is 1.10 bits per heavy atom. The van der Waals surface area contributed by atoms with Crippen LogP contribution in [0.4, 0.5) is 0 Å². The van der Waals surface area contributed by atoms with E-state index >= 15 is 0 Å². The van der Waals surface area contributed by atoms with Crippen molar-refractivity contribution in [1.29, 1.82) is 0 Å². The number of hydrogen-bond acceptors (Lipinski definition) is 5. The molecule has 162 valence electrons. The summed E-state index contributed by atoms with van der Waals surface area (Å²) in [6.07, 6.45) is 3.87. The lowest BCUT2D eigenvalue weighted by Crippen LogP contribution is -2.48. The molecule has 8 nitrogen and oxygen atoms in total. The van der Waals surface area contributed by atoms with Crippen molar-refractivity contribution in [2.24, 2.45) is 0 Å². The van der Waals surface area contributed by atoms with Crippen molar-refractivity contribution in [3.05, 3.63) is 66.0 Å². The second-order valence-electron chi connectivity index (χ2n) is 7.93. The zero-order chi connectivity index (χ0) is 21.6. The second-order valence-corrected chi connectivity index (χ2v) is 7.93. The topological polar surface area (TPSA) is 91.8 Å². The molecule has 0 saturated carbocycles. The molecule has 8 heteroatoms. The van der Waals surface area contributed by atoms with Gasteiger partial charge in [-0.05, 0) is 23.6 Å². The number of aromatic nitrogens is 1. The third kappa shape index (κ3) is 5.46. The zero-order valence-electron chi connectivity index (χ0n) is 17.3. The van der Waals surface area contributed by atoms with E-state index in [0.717, 1.165) is 11.1 Å². The molecule has 3 heterocycles. The largest absolute Gasteiger partial charge is 0.370 e. The number of carbonyl (C=O) groups excluding carboxylic acids is 3. The number of amides is 3. The minimum absolute atomic E-state index is 0.0311. The van der Waals surface area contributed by atoms with Crippen LogP contribution in [0.1, 0.15) is 24.0 Å². The van der Waals surface area contributed by atoms with Crippen LogP contribution in [0.15, 0.2) is 54.9 Å². The number of hydrogen-bond donors (Lipinski definition) is 1. The van der Waals surface area contributed by atoms with E-state index in [9.17, 15) is 14.4 Å². The van der Waals surface area contributed by atoms with Crippen molar-refractivity contribution in [3.8, 4) is 0 Å². The Labute approximate surface area is 181 Å². The first kappa shape index (κ1) is 21.0. The quantitative estimate of drug-likeness (QED) is 0.753. The summed E-state index contributed by atoms with van der Waals surface area (Å²) in [6.45, 7) is 1.44. The molecule has 2 atom stereocenters. The minimum Gasteiger partial charge on any atom is -0.370 e. The molecule has 2 saturated heterocycles. The van der Waals surface area contributed by atoms with Gasteiger partial charge in [-0.25, -0.2) is 0 Å². The van der Waals surface area contributed by atoms with Crippen LogP contribution in [0.2, 0.25) is 0 Å². The monoisotopic (exact) mass is 422 g/mol. The smallest absolute Gasteiger partial charge is 0.245 e. The fourth-order valence-electron chi connectivity index (χ4n) is 3.93. The zero-order valence-corrected chi connectivity index (χ0v) is 17.3. The molecule has 31 heavy (non-hydrogen) atoms. The van der Waals surface area contributed by atoms with E-state index in [1.54, 1.807) is 17.3 Å². The molecule has 2 aliphatic rings. The lowest BCUT2D eigenvalue weighted by molar-refractivity contribution is -0.140. The van der Waals surface area contributed by atoms with E-state index < -0.39 is 6.04 Å². The van der Waals surface area contributed by atoms with Gasteiger partial charge in [-0.2, -0.15) is 0 Å². The third-order valence-corrected chi connectivity index (χ3v) is 5.56. The van der Waals surface area contributed by atoms with Crippen LogP contribution in [0.3, 0.4) is 0 Å². The Bertz CT molecular complexity index is 922. The molecule has 1 aromatic carbocycles.